The van der Waals surface area contributed by atoms with Crippen LogP contribution in [-0.2, 0) is 13.0 Å². The Morgan fingerprint density at radius 2 is 1.76 bits per heavy atom. The molecule has 1 unspecified atom stereocenters. The number of aliphatic hydroxyl groups excluding tert-OH is 1. The lowest BCUT2D eigenvalue weighted by atomic mass is 9.75. The maximum absolute atomic E-state index is 13.1. The van der Waals surface area contributed by atoms with Gasteiger partial charge in [0.25, 0.3) is 0 Å². The molecule has 0 spiro atoms. The van der Waals surface area contributed by atoms with E-state index in [9.17, 15) is 9.50 Å². The van der Waals surface area contributed by atoms with Gasteiger partial charge in [-0.25, -0.2) is 4.39 Å². The van der Waals surface area contributed by atoms with Crippen molar-refractivity contribution in [2.45, 2.75) is 25.8 Å². The zero-order valence-electron chi connectivity index (χ0n) is 14.7. The molecule has 2 aromatic rings. The third-order valence-electron chi connectivity index (χ3n) is 5.13. The van der Waals surface area contributed by atoms with Gasteiger partial charge in [-0.2, -0.15) is 0 Å². The third kappa shape index (κ3) is 4.59. The summed E-state index contributed by atoms with van der Waals surface area (Å²) in [6.45, 7) is 2.92. The predicted molar refractivity (Wildman–Crippen MR) is 97.1 cm³/mol. The fraction of sp³-hybridized carbons (Fsp3) is 0.429. The molecule has 1 fully saturated rings. The first-order valence-electron chi connectivity index (χ1n) is 8.83. The molecule has 1 aliphatic heterocycles. The summed E-state index contributed by atoms with van der Waals surface area (Å²) in [7, 11) is 1.67. The van der Waals surface area contributed by atoms with Gasteiger partial charge >= 0.3 is 0 Å². The zero-order chi connectivity index (χ0) is 17.7. The van der Waals surface area contributed by atoms with Gasteiger partial charge in [0.2, 0.25) is 0 Å². The van der Waals surface area contributed by atoms with E-state index in [0.29, 0.717) is 0 Å². The van der Waals surface area contributed by atoms with Crippen LogP contribution < -0.4 is 4.74 Å². The van der Waals surface area contributed by atoms with Crippen molar-refractivity contribution in [3.63, 3.8) is 0 Å². The number of likely N-dealkylation sites (tertiary alicyclic amines) is 1. The normalized spacial score (nSPS) is 21.2. The average Bonchev–Trinajstić information content (AvgIpc) is 2.65. The molecule has 0 aliphatic carbocycles. The van der Waals surface area contributed by atoms with E-state index in [0.717, 1.165) is 50.2 Å². The monoisotopic (exact) mass is 343 g/mol. The van der Waals surface area contributed by atoms with Gasteiger partial charge in [-0.3, -0.25) is 4.90 Å². The Bertz CT molecular complexity index is 671. The standard InChI is InChI=1S/C21H26FNO2/c1-25-20-9-5-18(6-10-20)14-23-12-2-11-21(15-23,16-24)13-17-3-7-19(22)8-4-17/h3-10,24H,2,11-16H2,1H3. The van der Waals surface area contributed by atoms with E-state index in [1.807, 2.05) is 24.3 Å². The number of methoxy groups -OCH3 is 1. The first-order chi connectivity index (χ1) is 12.1. The van der Waals surface area contributed by atoms with Crippen LogP contribution in [0.25, 0.3) is 0 Å². The number of halogens is 1. The first kappa shape index (κ1) is 17.9. The van der Waals surface area contributed by atoms with Crippen molar-refractivity contribution in [1.82, 2.24) is 4.90 Å². The molecule has 1 N–H and O–H groups in total. The van der Waals surface area contributed by atoms with Crippen LogP contribution in [0.1, 0.15) is 24.0 Å². The smallest absolute Gasteiger partial charge is 0.123 e. The summed E-state index contributed by atoms with van der Waals surface area (Å²) in [4.78, 5) is 2.41. The highest BCUT2D eigenvalue weighted by Crippen LogP contribution is 2.34. The second-order valence-corrected chi connectivity index (χ2v) is 7.12. The minimum absolute atomic E-state index is 0.150. The van der Waals surface area contributed by atoms with E-state index < -0.39 is 0 Å². The lowest BCUT2D eigenvalue weighted by Gasteiger charge is -2.42. The van der Waals surface area contributed by atoms with Gasteiger partial charge in [-0.15, -0.1) is 0 Å². The summed E-state index contributed by atoms with van der Waals surface area (Å²) in [5.41, 5.74) is 2.18. The van der Waals surface area contributed by atoms with Gasteiger partial charge in [0.1, 0.15) is 11.6 Å². The van der Waals surface area contributed by atoms with Crippen LogP contribution in [0.3, 0.4) is 0 Å². The molecule has 0 saturated carbocycles. The van der Waals surface area contributed by atoms with E-state index in [4.69, 9.17) is 4.74 Å². The van der Waals surface area contributed by atoms with Crippen molar-refractivity contribution in [2.24, 2.45) is 5.41 Å². The lowest BCUT2D eigenvalue weighted by Crippen LogP contribution is -2.46. The number of piperidine rings is 1. The number of benzene rings is 2. The molecule has 4 heteroatoms. The number of hydrogen-bond donors (Lipinski definition) is 1. The predicted octanol–water partition coefficient (Wildman–Crippen LogP) is 3.65. The fourth-order valence-electron chi connectivity index (χ4n) is 3.80. The van der Waals surface area contributed by atoms with E-state index in [2.05, 4.69) is 17.0 Å². The molecule has 1 aliphatic rings. The van der Waals surface area contributed by atoms with Crippen LogP contribution in [0.5, 0.6) is 5.75 Å². The number of hydrogen-bond acceptors (Lipinski definition) is 3. The van der Waals surface area contributed by atoms with E-state index in [1.165, 1.54) is 17.7 Å². The Balaban J connectivity index is 1.67. The SMILES string of the molecule is COc1ccc(CN2CCCC(CO)(Cc3ccc(F)cc3)C2)cc1. The van der Waals surface area contributed by atoms with Gasteiger partial charge < -0.3 is 9.84 Å². The minimum atomic E-state index is -0.216. The average molecular weight is 343 g/mol. The van der Waals surface area contributed by atoms with E-state index in [1.54, 1.807) is 7.11 Å². The van der Waals surface area contributed by atoms with Crippen LogP contribution >= 0.6 is 0 Å². The molecule has 25 heavy (non-hydrogen) atoms. The van der Waals surface area contributed by atoms with Crippen LogP contribution in [-0.4, -0.2) is 36.8 Å². The Morgan fingerprint density at radius 3 is 2.40 bits per heavy atom. The van der Waals surface area contributed by atoms with Crippen molar-refractivity contribution in [2.75, 3.05) is 26.8 Å². The lowest BCUT2D eigenvalue weighted by molar-refractivity contribution is 0.0288. The van der Waals surface area contributed by atoms with Crippen molar-refractivity contribution in [3.05, 3.63) is 65.5 Å². The summed E-state index contributed by atoms with van der Waals surface area (Å²) in [5.74, 6) is 0.648. The van der Waals surface area contributed by atoms with Crippen LogP contribution in [0.15, 0.2) is 48.5 Å². The largest absolute Gasteiger partial charge is 0.497 e. The Kier molecular flexibility index (Phi) is 5.71. The van der Waals surface area contributed by atoms with E-state index in [-0.39, 0.29) is 17.8 Å². The summed E-state index contributed by atoms with van der Waals surface area (Å²) < 4.78 is 18.3. The van der Waals surface area contributed by atoms with Gasteiger partial charge in [0.05, 0.1) is 13.7 Å². The van der Waals surface area contributed by atoms with E-state index >= 15 is 0 Å². The molecule has 2 aromatic carbocycles. The van der Waals surface area contributed by atoms with Crippen molar-refractivity contribution < 1.29 is 14.2 Å². The molecule has 1 saturated heterocycles. The van der Waals surface area contributed by atoms with Crippen LogP contribution in [0, 0.1) is 11.2 Å². The molecule has 0 amide bonds. The topological polar surface area (TPSA) is 32.7 Å². The maximum Gasteiger partial charge on any atom is 0.123 e. The highest BCUT2D eigenvalue weighted by atomic mass is 19.1. The molecular formula is C21H26FNO2. The van der Waals surface area contributed by atoms with Crippen LogP contribution in [0.4, 0.5) is 4.39 Å². The highest BCUT2D eigenvalue weighted by Gasteiger charge is 2.35. The second kappa shape index (κ2) is 7.98. The molecule has 0 radical (unpaired) electrons. The fourth-order valence-corrected chi connectivity index (χ4v) is 3.80. The quantitative estimate of drug-likeness (QED) is 0.869. The summed E-state index contributed by atoms with van der Waals surface area (Å²) in [5, 5.41) is 10.1. The molecular weight excluding hydrogens is 317 g/mol. The molecule has 0 aromatic heterocycles. The summed E-state index contributed by atoms with van der Waals surface area (Å²) in [6, 6.07) is 14.8. The Labute approximate surface area is 149 Å². The Hall–Kier alpha value is -1.91. The molecule has 3 rings (SSSR count). The van der Waals surface area contributed by atoms with Gasteiger partial charge in [-0.1, -0.05) is 24.3 Å². The highest BCUT2D eigenvalue weighted by molar-refractivity contribution is 5.27. The molecule has 3 nitrogen and oxygen atoms in total. The number of rotatable bonds is 6. The minimum Gasteiger partial charge on any atom is -0.497 e. The summed E-state index contributed by atoms with van der Waals surface area (Å²) in [6.07, 6.45) is 2.85. The Morgan fingerprint density at radius 1 is 1.08 bits per heavy atom. The van der Waals surface area contributed by atoms with Crippen LogP contribution in [0.2, 0.25) is 0 Å². The van der Waals surface area contributed by atoms with Crippen molar-refractivity contribution in [3.8, 4) is 5.75 Å². The van der Waals surface area contributed by atoms with Gasteiger partial charge in [0, 0.05) is 18.5 Å². The second-order valence-electron chi connectivity index (χ2n) is 7.12. The van der Waals surface area contributed by atoms with Gasteiger partial charge in [-0.05, 0) is 61.2 Å². The number of nitrogens with zero attached hydrogens (tertiary/aromatic N) is 1. The molecule has 1 atom stereocenters. The van der Waals surface area contributed by atoms with Gasteiger partial charge in [0.15, 0.2) is 0 Å². The first-order valence-corrected chi connectivity index (χ1v) is 8.83. The number of aliphatic hydroxyl groups is 1. The number of ether oxygens (including phenoxy) is 1. The summed E-state index contributed by atoms with van der Waals surface area (Å²) >= 11 is 0. The third-order valence-corrected chi connectivity index (χ3v) is 5.13. The molecule has 1 heterocycles. The molecule has 134 valence electrons. The molecule has 0 bridgehead atoms. The van der Waals surface area contributed by atoms with Crippen molar-refractivity contribution >= 4 is 0 Å². The zero-order valence-corrected chi connectivity index (χ0v) is 14.7. The maximum atomic E-state index is 13.1. The van der Waals surface area contributed by atoms with Crippen molar-refractivity contribution in [1.29, 1.82) is 0 Å².